The van der Waals surface area contributed by atoms with Crippen molar-refractivity contribution >= 4 is 45.2 Å². The van der Waals surface area contributed by atoms with E-state index in [2.05, 4.69) is 4.99 Å². The third-order valence-electron chi connectivity index (χ3n) is 4.43. The fraction of sp³-hybridized carbons (Fsp3) is 0.286. The van der Waals surface area contributed by atoms with Crippen LogP contribution >= 0.6 is 23.1 Å². The van der Waals surface area contributed by atoms with Crippen LogP contribution in [0.5, 0.6) is 0 Å². The molecule has 7 heteroatoms. The number of thioether (sulfide) groups is 1. The normalized spacial score (nSPS) is 11.8. The fourth-order valence-electron chi connectivity index (χ4n) is 3.00. The smallest absolute Gasteiger partial charge is 0.337 e. The number of benzene rings is 2. The maximum absolute atomic E-state index is 12.8. The van der Waals surface area contributed by atoms with E-state index in [1.807, 2.05) is 48.9 Å². The third-order valence-corrected chi connectivity index (χ3v) is 6.06. The first kappa shape index (κ1) is 20.4. The third kappa shape index (κ3) is 4.20. The summed E-state index contributed by atoms with van der Waals surface area (Å²) in [5.74, 6) is 0.265. The molecule has 0 N–H and O–H groups in total. The van der Waals surface area contributed by atoms with Crippen molar-refractivity contribution in [3.8, 4) is 0 Å². The SMILES string of the molecule is COC(=O)c1ccc2c(c1)sc(=NC(=O)c1ccc(C)cc1C)n2CCSC. The average Bonchev–Trinajstić information content (AvgIpc) is 3.01. The number of carbonyl (C=O) groups is 2. The van der Waals surface area contributed by atoms with E-state index in [1.54, 1.807) is 23.9 Å². The van der Waals surface area contributed by atoms with Crippen molar-refractivity contribution in [3.05, 3.63) is 63.5 Å². The minimum Gasteiger partial charge on any atom is -0.465 e. The summed E-state index contributed by atoms with van der Waals surface area (Å²) in [7, 11) is 1.36. The number of esters is 1. The van der Waals surface area contributed by atoms with Gasteiger partial charge in [0.1, 0.15) is 0 Å². The zero-order chi connectivity index (χ0) is 20.3. The number of amides is 1. The highest BCUT2D eigenvalue weighted by atomic mass is 32.2. The lowest BCUT2D eigenvalue weighted by Crippen LogP contribution is -2.18. The van der Waals surface area contributed by atoms with Gasteiger partial charge in [-0.2, -0.15) is 16.8 Å². The van der Waals surface area contributed by atoms with E-state index < -0.39 is 0 Å². The van der Waals surface area contributed by atoms with Gasteiger partial charge in [0.25, 0.3) is 5.91 Å². The maximum Gasteiger partial charge on any atom is 0.337 e. The number of thiazole rings is 1. The molecule has 0 saturated carbocycles. The first-order valence-corrected chi connectivity index (χ1v) is 11.0. The number of nitrogens with zero attached hydrogens (tertiary/aromatic N) is 2. The second kappa shape index (κ2) is 8.75. The van der Waals surface area contributed by atoms with Crippen LogP contribution in [0.1, 0.15) is 31.8 Å². The van der Waals surface area contributed by atoms with Crippen LogP contribution in [0.2, 0.25) is 0 Å². The summed E-state index contributed by atoms with van der Waals surface area (Å²) in [5, 5.41) is 0. The molecule has 146 valence electrons. The maximum atomic E-state index is 12.8. The number of aromatic nitrogens is 1. The van der Waals surface area contributed by atoms with Gasteiger partial charge in [-0.25, -0.2) is 4.79 Å². The van der Waals surface area contributed by atoms with Gasteiger partial charge in [0.2, 0.25) is 0 Å². The van der Waals surface area contributed by atoms with Crippen molar-refractivity contribution < 1.29 is 14.3 Å². The Kier molecular flexibility index (Phi) is 6.36. The average molecular weight is 415 g/mol. The first-order chi connectivity index (χ1) is 13.4. The van der Waals surface area contributed by atoms with Gasteiger partial charge >= 0.3 is 5.97 Å². The van der Waals surface area contributed by atoms with Crippen molar-refractivity contribution in [2.24, 2.45) is 4.99 Å². The molecule has 0 saturated heterocycles. The molecular formula is C21H22N2O3S2. The van der Waals surface area contributed by atoms with Crippen molar-refractivity contribution in [1.29, 1.82) is 0 Å². The predicted octanol–water partition coefficient (Wildman–Crippen LogP) is 4.21. The number of hydrogen-bond donors (Lipinski definition) is 0. The molecule has 0 atom stereocenters. The number of methoxy groups -OCH3 is 1. The molecule has 0 unspecified atom stereocenters. The molecule has 1 aromatic heterocycles. The van der Waals surface area contributed by atoms with E-state index in [0.717, 1.165) is 33.6 Å². The van der Waals surface area contributed by atoms with E-state index in [4.69, 9.17) is 4.74 Å². The lowest BCUT2D eigenvalue weighted by atomic mass is 10.1. The Labute approximate surface area is 172 Å². The number of rotatable bonds is 5. The summed E-state index contributed by atoms with van der Waals surface area (Å²) in [5.41, 5.74) is 4.08. The molecule has 3 rings (SSSR count). The van der Waals surface area contributed by atoms with Crippen LogP contribution in [0.25, 0.3) is 10.2 Å². The van der Waals surface area contributed by atoms with E-state index in [-0.39, 0.29) is 11.9 Å². The topological polar surface area (TPSA) is 60.7 Å². The number of carbonyl (C=O) groups excluding carboxylic acids is 2. The summed E-state index contributed by atoms with van der Waals surface area (Å²) in [6.45, 7) is 4.66. The van der Waals surface area contributed by atoms with Crippen LogP contribution in [0.15, 0.2) is 41.4 Å². The van der Waals surface area contributed by atoms with E-state index in [9.17, 15) is 9.59 Å². The van der Waals surface area contributed by atoms with Crippen molar-refractivity contribution in [3.63, 3.8) is 0 Å². The molecule has 0 bridgehead atoms. The van der Waals surface area contributed by atoms with Crippen LogP contribution in [0.4, 0.5) is 0 Å². The molecule has 0 radical (unpaired) electrons. The summed E-state index contributed by atoms with van der Waals surface area (Å²) < 4.78 is 7.75. The van der Waals surface area contributed by atoms with Gasteiger partial charge in [-0.15, -0.1) is 0 Å². The van der Waals surface area contributed by atoms with E-state index in [1.165, 1.54) is 18.4 Å². The Bertz CT molecular complexity index is 1110. The largest absolute Gasteiger partial charge is 0.465 e. The first-order valence-electron chi connectivity index (χ1n) is 8.81. The Hall–Kier alpha value is -2.38. The zero-order valence-electron chi connectivity index (χ0n) is 16.3. The molecule has 1 amide bonds. The molecule has 0 aliphatic carbocycles. The summed E-state index contributed by atoms with van der Waals surface area (Å²) >= 11 is 3.14. The summed E-state index contributed by atoms with van der Waals surface area (Å²) in [4.78, 5) is 29.7. The molecule has 0 fully saturated rings. The molecular weight excluding hydrogens is 392 g/mol. The second-order valence-electron chi connectivity index (χ2n) is 6.44. The summed E-state index contributed by atoms with van der Waals surface area (Å²) in [6, 6.07) is 11.2. The molecule has 3 aromatic rings. The summed E-state index contributed by atoms with van der Waals surface area (Å²) in [6.07, 6.45) is 2.04. The molecule has 5 nitrogen and oxygen atoms in total. The van der Waals surface area contributed by atoms with Gasteiger partial charge in [0, 0.05) is 17.9 Å². The second-order valence-corrected chi connectivity index (χ2v) is 8.43. The predicted molar refractivity (Wildman–Crippen MR) is 115 cm³/mol. The Morgan fingerprint density at radius 2 is 1.96 bits per heavy atom. The lowest BCUT2D eigenvalue weighted by Gasteiger charge is -2.05. The molecule has 0 aliphatic rings. The van der Waals surface area contributed by atoms with Crippen LogP contribution in [-0.4, -0.2) is 35.6 Å². The van der Waals surface area contributed by atoms with E-state index >= 15 is 0 Å². The van der Waals surface area contributed by atoms with Crippen LogP contribution in [0.3, 0.4) is 0 Å². The highest BCUT2D eigenvalue weighted by Crippen LogP contribution is 2.21. The molecule has 0 aliphatic heterocycles. The zero-order valence-corrected chi connectivity index (χ0v) is 17.9. The Morgan fingerprint density at radius 3 is 2.64 bits per heavy atom. The van der Waals surface area contributed by atoms with Crippen molar-refractivity contribution in [2.45, 2.75) is 20.4 Å². The molecule has 28 heavy (non-hydrogen) atoms. The lowest BCUT2D eigenvalue weighted by molar-refractivity contribution is 0.0601. The molecule has 0 spiro atoms. The van der Waals surface area contributed by atoms with Gasteiger partial charge in [0.05, 0.1) is 22.9 Å². The number of ether oxygens (including phenoxy) is 1. The standard InChI is InChI=1S/C21H22N2O3S2/c1-13-5-7-16(14(2)11-13)19(24)22-21-23(9-10-27-4)17-8-6-15(20(25)26-3)12-18(17)28-21/h5-8,11-12H,9-10H2,1-4H3. The quantitative estimate of drug-likeness (QED) is 0.587. The highest BCUT2D eigenvalue weighted by Gasteiger charge is 2.13. The van der Waals surface area contributed by atoms with E-state index in [0.29, 0.717) is 15.9 Å². The number of hydrogen-bond acceptors (Lipinski definition) is 5. The number of fused-ring (bicyclic) bond motifs is 1. The Morgan fingerprint density at radius 1 is 1.18 bits per heavy atom. The monoisotopic (exact) mass is 414 g/mol. The van der Waals surface area contributed by atoms with Gasteiger partial charge in [-0.3, -0.25) is 4.79 Å². The van der Waals surface area contributed by atoms with Gasteiger partial charge in [-0.05, 0) is 49.9 Å². The minimum atomic E-state index is -0.379. The minimum absolute atomic E-state index is 0.254. The van der Waals surface area contributed by atoms with Crippen molar-refractivity contribution in [1.82, 2.24) is 4.57 Å². The fourth-order valence-corrected chi connectivity index (χ4v) is 4.46. The molecule has 2 aromatic carbocycles. The van der Waals surface area contributed by atoms with Gasteiger partial charge < -0.3 is 9.30 Å². The molecule has 1 heterocycles. The van der Waals surface area contributed by atoms with Gasteiger partial charge in [-0.1, -0.05) is 29.0 Å². The Balaban J connectivity index is 2.13. The van der Waals surface area contributed by atoms with Crippen LogP contribution in [-0.2, 0) is 11.3 Å². The van der Waals surface area contributed by atoms with Crippen LogP contribution < -0.4 is 4.80 Å². The van der Waals surface area contributed by atoms with Gasteiger partial charge in [0.15, 0.2) is 4.80 Å². The highest BCUT2D eigenvalue weighted by molar-refractivity contribution is 7.98. The number of aryl methyl sites for hydroxylation is 3. The van der Waals surface area contributed by atoms with Crippen molar-refractivity contribution in [2.75, 3.05) is 19.1 Å². The van der Waals surface area contributed by atoms with Crippen LogP contribution in [0, 0.1) is 13.8 Å².